The van der Waals surface area contributed by atoms with Crippen molar-refractivity contribution in [3.8, 4) is 5.75 Å². The van der Waals surface area contributed by atoms with E-state index in [9.17, 15) is 26.7 Å². The van der Waals surface area contributed by atoms with Crippen LogP contribution in [-0.2, 0) is 0 Å². The topological polar surface area (TPSA) is 39.2 Å². The Labute approximate surface area is 96.2 Å². The number of alkyl halides is 5. The molecule has 0 N–H and O–H groups in total. The first-order valence-electron chi connectivity index (χ1n) is 3.93. The van der Waals surface area contributed by atoms with Crippen molar-refractivity contribution >= 4 is 17.9 Å². The van der Waals surface area contributed by atoms with Crippen LogP contribution in [0.5, 0.6) is 5.75 Å². The standard InChI is InChI=1S/C8H3ClF5NO2/c9-6-4(7(10)11)5(17-8(12,13)14)3(2-16)1-15-6/h1-2,7H. The lowest BCUT2D eigenvalue weighted by Crippen LogP contribution is -2.19. The zero-order valence-electron chi connectivity index (χ0n) is 7.76. The summed E-state index contributed by atoms with van der Waals surface area (Å²) < 4.78 is 64.3. The Morgan fingerprint density at radius 3 is 2.41 bits per heavy atom. The zero-order valence-corrected chi connectivity index (χ0v) is 8.52. The van der Waals surface area contributed by atoms with Crippen molar-refractivity contribution in [2.24, 2.45) is 0 Å². The number of hydrogen-bond donors (Lipinski definition) is 0. The fraction of sp³-hybridized carbons (Fsp3) is 0.250. The number of pyridine rings is 1. The van der Waals surface area contributed by atoms with Gasteiger partial charge >= 0.3 is 6.36 Å². The lowest BCUT2D eigenvalue weighted by molar-refractivity contribution is -0.275. The molecule has 17 heavy (non-hydrogen) atoms. The number of ether oxygens (including phenoxy) is 1. The van der Waals surface area contributed by atoms with Gasteiger partial charge in [-0.05, 0) is 0 Å². The summed E-state index contributed by atoms with van der Waals surface area (Å²) in [5, 5.41) is -0.857. The van der Waals surface area contributed by atoms with Gasteiger partial charge in [0.25, 0.3) is 6.43 Å². The van der Waals surface area contributed by atoms with E-state index in [1.54, 1.807) is 0 Å². The van der Waals surface area contributed by atoms with Gasteiger partial charge in [0.2, 0.25) is 0 Å². The minimum absolute atomic E-state index is 0.0870. The van der Waals surface area contributed by atoms with Gasteiger partial charge in [0, 0.05) is 6.20 Å². The predicted molar refractivity (Wildman–Crippen MR) is 46.3 cm³/mol. The molecule has 0 amide bonds. The maximum absolute atomic E-state index is 12.5. The van der Waals surface area contributed by atoms with Crippen molar-refractivity contribution in [2.75, 3.05) is 0 Å². The highest BCUT2D eigenvalue weighted by Crippen LogP contribution is 2.38. The second kappa shape index (κ2) is 4.82. The van der Waals surface area contributed by atoms with E-state index in [0.29, 0.717) is 6.20 Å². The summed E-state index contributed by atoms with van der Waals surface area (Å²) in [5.41, 5.74) is -2.03. The van der Waals surface area contributed by atoms with Crippen LogP contribution in [0.1, 0.15) is 22.3 Å². The van der Waals surface area contributed by atoms with Crippen LogP contribution >= 0.6 is 11.6 Å². The largest absolute Gasteiger partial charge is 0.573 e. The molecule has 0 unspecified atom stereocenters. The smallest absolute Gasteiger partial charge is 0.404 e. The van der Waals surface area contributed by atoms with E-state index in [-0.39, 0.29) is 6.29 Å². The number of halogens is 6. The maximum atomic E-state index is 12.5. The normalized spacial score (nSPS) is 11.7. The summed E-state index contributed by atoms with van der Waals surface area (Å²) >= 11 is 5.23. The van der Waals surface area contributed by atoms with Crippen molar-refractivity contribution in [2.45, 2.75) is 12.8 Å². The van der Waals surface area contributed by atoms with E-state index in [0.717, 1.165) is 0 Å². The van der Waals surface area contributed by atoms with Gasteiger partial charge in [-0.3, -0.25) is 4.79 Å². The van der Waals surface area contributed by atoms with Crippen LogP contribution in [0.4, 0.5) is 22.0 Å². The molecule has 9 heteroatoms. The second-order valence-electron chi connectivity index (χ2n) is 2.71. The summed E-state index contributed by atoms with van der Waals surface area (Å²) in [6.07, 6.45) is -8.04. The number of rotatable bonds is 3. The summed E-state index contributed by atoms with van der Waals surface area (Å²) in [7, 11) is 0. The molecule has 0 fully saturated rings. The van der Waals surface area contributed by atoms with Gasteiger partial charge in [-0.2, -0.15) is 0 Å². The minimum atomic E-state index is -5.22. The Balaban J connectivity index is 3.40. The van der Waals surface area contributed by atoms with E-state index in [1.807, 2.05) is 0 Å². The Bertz CT molecular complexity index is 435. The molecule has 0 atom stereocenters. The van der Waals surface area contributed by atoms with Gasteiger partial charge < -0.3 is 4.74 Å². The fourth-order valence-electron chi connectivity index (χ4n) is 1.01. The van der Waals surface area contributed by atoms with Gasteiger partial charge in [0.15, 0.2) is 12.0 Å². The average molecular weight is 276 g/mol. The fourth-order valence-corrected chi connectivity index (χ4v) is 1.22. The molecule has 0 radical (unpaired) electrons. The Hall–Kier alpha value is -1.44. The second-order valence-corrected chi connectivity index (χ2v) is 3.07. The van der Waals surface area contributed by atoms with E-state index in [2.05, 4.69) is 9.72 Å². The predicted octanol–water partition coefficient (Wildman–Crippen LogP) is 3.38. The van der Waals surface area contributed by atoms with Gasteiger partial charge in [0.05, 0.1) is 11.1 Å². The number of aromatic nitrogens is 1. The van der Waals surface area contributed by atoms with Crippen LogP contribution in [0.3, 0.4) is 0 Å². The Kier molecular flexibility index (Phi) is 3.87. The monoisotopic (exact) mass is 275 g/mol. The molecule has 0 spiro atoms. The van der Waals surface area contributed by atoms with Crippen molar-refractivity contribution in [1.82, 2.24) is 4.98 Å². The molecule has 0 aliphatic carbocycles. The molecule has 0 saturated heterocycles. The molecule has 0 aromatic carbocycles. The first-order chi connectivity index (χ1) is 7.76. The van der Waals surface area contributed by atoms with Crippen molar-refractivity contribution in [3.63, 3.8) is 0 Å². The Morgan fingerprint density at radius 1 is 1.41 bits per heavy atom. The van der Waals surface area contributed by atoms with Crippen LogP contribution < -0.4 is 4.74 Å². The highest BCUT2D eigenvalue weighted by atomic mass is 35.5. The number of hydrogen-bond acceptors (Lipinski definition) is 3. The molecule has 94 valence electrons. The van der Waals surface area contributed by atoms with E-state index in [1.165, 1.54) is 0 Å². The number of carbonyl (C=O) groups excluding carboxylic acids is 1. The van der Waals surface area contributed by atoms with E-state index < -0.39 is 34.8 Å². The third-order valence-corrected chi connectivity index (χ3v) is 1.91. The van der Waals surface area contributed by atoms with Crippen molar-refractivity contribution < 1.29 is 31.5 Å². The van der Waals surface area contributed by atoms with Crippen molar-refractivity contribution in [1.29, 1.82) is 0 Å². The SMILES string of the molecule is O=Cc1cnc(Cl)c(C(F)F)c1OC(F)(F)F. The van der Waals surface area contributed by atoms with E-state index in [4.69, 9.17) is 11.6 Å². The quantitative estimate of drug-likeness (QED) is 0.482. The van der Waals surface area contributed by atoms with Gasteiger partial charge in [-0.15, -0.1) is 13.2 Å². The third-order valence-electron chi connectivity index (χ3n) is 1.61. The molecule has 1 rings (SSSR count). The lowest BCUT2D eigenvalue weighted by Gasteiger charge is -2.15. The Morgan fingerprint density at radius 2 is 2.00 bits per heavy atom. The van der Waals surface area contributed by atoms with Crippen LogP contribution in [0.15, 0.2) is 6.20 Å². The summed E-state index contributed by atoms with van der Waals surface area (Å²) in [6, 6.07) is 0. The molecule has 3 nitrogen and oxygen atoms in total. The minimum Gasteiger partial charge on any atom is -0.404 e. The third kappa shape index (κ3) is 3.26. The molecular weight excluding hydrogens is 273 g/mol. The highest BCUT2D eigenvalue weighted by molar-refractivity contribution is 6.30. The number of nitrogens with zero attached hydrogens (tertiary/aromatic N) is 1. The first-order valence-corrected chi connectivity index (χ1v) is 4.31. The molecule has 1 heterocycles. The number of carbonyl (C=O) groups is 1. The zero-order chi connectivity index (χ0) is 13.2. The first kappa shape index (κ1) is 13.6. The van der Waals surface area contributed by atoms with Crippen LogP contribution in [0, 0.1) is 0 Å². The van der Waals surface area contributed by atoms with E-state index >= 15 is 0 Å². The van der Waals surface area contributed by atoms with Crippen LogP contribution in [-0.4, -0.2) is 17.6 Å². The van der Waals surface area contributed by atoms with Crippen LogP contribution in [0.2, 0.25) is 5.15 Å². The van der Waals surface area contributed by atoms with Crippen LogP contribution in [0.25, 0.3) is 0 Å². The molecule has 1 aromatic rings. The molecule has 0 aliphatic rings. The summed E-state index contributed by atoms with van der Waals surface area (Å²) in [5.74, 6) is -1.33. The van der Waals surface area contributed by atoms with Crippen molar-refractivity contribution in [3.05, 3.63) is 22.5 Å². The summed E-state index contributed by atoms with van der Waals surface area (Å²) in [6.45, 7) is 0. The van der Waals surface area contributed by atoms with Gasteiger partial charge in [0.1, 0.15) is 5.15 Å². The molecule has 0 saturated carbocycles. The highest BCUT2D eigenvalue weighted by Gasteiger charge is 2.35. The average Bonchev–Trinajstić information content (AvgIpc) is 2.15. The van der Waals surface area contributed by atoms with Gasteiger partial charge in [-0.1, -0.05) is 11.6 Å². The molecular formula is C8H3ClF5NO2. The lowest BCUT2D eigenvalue weighted by atomic mass is 10.2. The maximum Gasteiger partial charge on any atom is 0.573 e. The van der Waals surface area contributed by atoms with Gasteiger partial charge in [-0.25, -0.2) is 13.8 Å². The molecule has 0 bridgehead atoms. The number of aldehydes is 1. The molecule has 0 aliphatic heterocycles. The summed E-state index contributed by atoms with van der Waals surface area (Å²) in [4.78, 5) is 13.6. The molecule has 1 aromatic heterocycles.